The van der Waals surface area contributed by atoms with E-state index in [-0.39, 0.29) is 12.2 Å². The van der Waals surface area contributed by atoms with Crippen LogP contribution in [0.25, 0.3) is 0 Å². The van der Waals surface area contributed by atoms with Crippen LogP contribution in [0.15, 0.2) is 34.9 Å². The van der Waals surface area contributed by atoms with Crippen LogP contribution in [0.4, 0.5) is 0 Å². The molecule has 1 aliphatic heterocycles. The molecule has 1 aromatic heterocycles. The average Bonchev–Trinajstić information content (AvgIpc) is 2.97. The van der Waals surface area contributed by atoms with Crippen molar-refractivity contribution in [1.82, 2.24) is 0 Å². The maximum Gasteiger partial charge on any atom is 0.491 e. The zero-order valence-electron chi connectivity index (χ0n) is 10.6. The van der Waals surface area contributed by atoms with E-state index in [0.717, 1.165) is 22.2 Å². The van der Waals surface area contributed by atoms with Gasteiger partial charge in [-0.05, 0) is 35.1 Å². The fraction of sp³-hybridized carbons (Fsp3) is 0.214. The number of ketones is 1. The summed E-state index contributed by atoms with van der Waals surface area (Å²) in [5, 5.41) is 9.64. The first-order chi connectivity index (χ1) is 9.15. The van der Waals surface area contributed by atoms with Gasteiger partial charge in [0.15, 0.2) is 5.76 Å². The van der Waals surface area contributed by atoms with Crippen LogP contribution in [0.3, 0.4) is 0 Å². The molecule has 1 aliphatic rings. The molecule has 0 radical (unpaired) electrons. The van der Waals surface area contributed by atoms with Gasteiger partial charge in [-0.25, -0.2) is 0 Å². The summed E-state index contributed by atoms with van der Waals surface area (Å²) in [7, 11) is -0.879. The van der Waals surface area contributed by atoms with E-state index < -0.39 is 7.12 Å². The van der Waals surface area contributed by atoms with Gasteiger partial charge in [-0.2, -0.15) is 0 Å². The summed E-state index contributed by atoms with van der Waals surface area (Å²) < 4.78 is 10.3. The van der Waals surface area contributed by atoms with Crippen LogP contribution in [-0.2, 0) is 17.7 Å². The number of furan rings is 1. The summed E-state index contributed by atoms with van der Waals surface area (Å²) in [6.07, 6.45) is 1.78. The third kappa shape index (κ3) is 2.22. The Kier molecular flexibility index (Phi) is 3.01. The third-order valence-electron chi connectivity index (χ3n) is 3.35. The van der Waals surface area contributed by atoms with Crippen LogP contribution in [0.2, 0.25) is 0 Å². The minimum Gasteiger partial charge on any atom is -0.461 e. The number of Topliss-reactive ketones (excluding diaryl/α,β-unsaturated/α-hetero) is 1. The number of carbonyl (C=O) groups excluding carboxylic acids is 1. The molecular weight excluding hydrogens is 243 g/mol. The van der Waals surface area contributed by atoms with E-state index in [0.29, 0.717) is 12.4 Å². The summed E-state index contributed by atoms with van der Waals surface area (Å²) in [6, 6.07) is 7.37. The minimum absolute atomic E-state index is 0.0594. The molecule has 0 amide bonds. The van der Waals surface area contributed by atoms with Crippen LogP contribution in [0, 0.1) is 6.92 Å². The van der Waals surface area contributed by atoms with Gasteiger partial charge >= 0.3 is 7.12 Å². The first kappa shape index (κ1) is 12.2. The zero-order valence-corrected chi connectivity index (χ0v) is 10.6. The predicted octanol–water partition coefficient (Wildman–Crippen LogP) is 1.23. The molecule has 2 aromatic rings. The van der Waals surface area contributed by atoms with Crippen LogP contribution in [0.5, 0.6) is 0 Å². The van der Waals surface area contributed by atoms with Crippen LogP contribution < -0.4 is 5.46 Å². The van der Waals surface area contributed by atoms with E-state index in [1.54, 1.807) is 6.07 Å². The normalized spacial score (nSPS) is 13.7. The predicted molar refractivity (Wildman–Crippen MR) is 70.3 cm³/mol. The largest absolute Gasteiger partial charge is 0.491 e. The van der Waals surface area contributed by atoms with E-state index >= 15 is 0 Å². The molecule has 0 aliphatic carbocycles. The fourth-order valence-electron chi connectivity index (χ4n) is 2.30. The van der Waals surface area contributed by atoms with Gasteiger partial charge in [0.05, 0.1) is 12.9 Å². The monoisotopic (exact) mass is 256 g/mol. The van der Waals surface area contributed by atoms with Gasteiger partial charge in [0.2, 0.25) is 5.78 Å². The van der Waals surface area contributed by atoms with Gasteiger partial charge < -0.3 is 14.1 Å². The van der Waals surface area contributed by atoms with E-state index in [9.17, 15) is 9.82 Å². The minimum atomic E-state index is -0.879. The lowest BCUT2D eigenvalue weighted by Crippen LogP contribution is -2.28. The second kappa shape index (κ2) is 4.68. The van der Waals surface area contributed by atoms with Crippen LogP contribution >= 0.6 is 0 Å². The Morgan fingerprint density at radius 1 is 1.42 bits per heavy atom. The van der Waals surface area contributed by atoms with Crippen molar-refractivity contribution in [2.24, 2.45) is 0 Å². The van der Waals surface area contributed by atoms with E-state index in [2.05, 4.69) is 0 Å². The second-order valence-corrected chi connectivity index (χ2v) is 4.73. The summed E-state index contributed by atoms with van der Waals surface area (Å²) in [5.74, 6) is 0.341. The number of hydrogen-bond donors (Lipinski definition) is 1. The molecule has 1 aromatic carbocycles. The van der Waals surface area contributed by atoms with Crippen molar-refractivity contribution < 1.29 is 18.9 Å². The maximum absolute atomic E-state index is 12.1. The summed E-state index contributed by atoms with van der Waals surface area (Å²) in [5.41, 5.74) is 3.41. The van der Waals surface area contributed by atoms with Crippen molar-refractivity contribution >= 4 is 18.4 Å². The zero-order chi connectivity index (χ0) is 13.4. The smallest absolute Gasteiger partial charge is 0.461 e. The molecule has 0 unspecified atom stereocenters. The highest BCUT2D eigenvalue weighted by molar-refractivity contribution is 6.61. The molecule has 0 fully saturated rings. The van der Waals surface area contributed by atoms with Gasteiger partial charge in [-0.1, -0.05) is 18.2 Å². The van der Waals surface area contributed by atoms with Gasteiger partial charge in [0.1, 0.15) is 0 Å². The highest BCUT2D eigenvalue weighted by Crippen LogP contribution is 2.15. The van der Waals surface area contributed by atoms with Crippen molar-refractivity contribution in [2.45, 2.75) is 20.0 Å². The van der Waals surface area contributed by atoms with Crippen molar-refractivity contribution in [3.63, 3.8) is 0 Å². The third-order valence-corrected chi connectivity index (χ3v) is 3.35. The molecule has 5 heteroatoms. The standard InChI is InChI=1S/C14H13BO4/c1-9-4-5-18-14(9)13(16)7-10-2-3-11-8-19-15(17)12(11)6-10/h2-6,17H,7-8H2,1H3. The van der Waals surface area contributed by atoms with Gasteiger partial charge in [-0.15, -0.1) is 0 Å². The number of carbonyl (C=O) groups is 1. The highest BCUT2D eigenvalue weighted by atomic mass is 16.5. The first-order valence-electron chi connectivity index (χ1n) is 6.14. The first-order valence-corrected chi connectivity index (χ1v) is 6.14. The number of hydrogen-bond acceptors (Lipinski definition) is 4. The topological polar surface area (TPSA) is 59.7 Å². The molecule has 2 heterocycles. The van der Waals surface area contributed by atoms with E-state index in [1.165, 1.54) is 6.26 Å². The van der Waals surface area contributed by atoms with Gasteiger partial charge in [0, 0.05) is 6.42 Å². The van der Waals surface area contributed by atoms with Gasteiger partial charge in [-0.3, -0.25) is 4.79 Å². The quantitative estimate of drug-likeness (QED) is 0.662. The van der Waals surface area contributed by atoms with Crippen LogP contribution in [0.1, 0.15) is 27.2 Å². The van der Waals surface area contributed by atoms with Crippen molar-refractivity contribution in [1.29, 1.82) is 0 Å². The molecule has 3 rings (SSSR count). The maximum atomic E-state index is 12.1. The van der Waals surface area contributed by atoms with E-state index in [4.69, 9.17) is 9.07 Å². The van der Waals surface area contributed by atoms with Crippen LogP contribution in [-0.4, -0.2) is 17.9 Å². The Morgan fingerprint density at radius 2 is 2.26 bits per heavy atom. The average molecular weight is 256 g/mol. The number of rotatable bonds is 3. The molecule has 4 nitrogen and oxygen atoms in total. The Hall–Kier alpha value is -1.85. The number of aryl methyl sites for hydroxylation is 1. The van der Waals surface area contributed by atoms with Crippen molar-refractivity contribution in [2.75, 3.05) is 0 Å². The van der Waals surface area contributed by atoms with Gasteiger partial charge in [0.25, 0.3) is 0 Å². The number of benzene rings is 1. The molecule has 0 spiro atoms. The van der Waals surface area contributed by atoms with E-state index in [1.807, 2.05) is 25.1 Å². The molecule has 96 valence electrons. The molecule has 0 saturated heterocycles. The second-order valence-electron chi connectivity index (χ2n) is 4.73. The molecular formula is C14H13BO4. The summed E-state index contributed by atoms with van der Waals surface area (Å²) >= 11 is 0. The number of fused-ring (bicyclic) bond motifs is 1. The fourth-order valence-corrected chi connectivity index (χ4v) is 2.30. The summed E-state index contributed by atoms with van der Waals surface area (Å²) in [6.45, 7) is 2.26. The lowest BCUT2D eigenvalue weighted by molar-refractivity contribution is 0.0965. The molecule has 19 heavy (non-hydrogen) atoms. The Labute approximate surface area is 111 Å². The molecule has 0 saturated carbocycles. The Bertz CT molecular complexity index is 632. The van der Waals surface area contributed by atoms with Crippen molar-refractivity contribution in [3.8, 4) is 0 Å². The summed E-state index contributed by atoms with van der Waals surface area (Å²) in [4.78, 5) is 12.1. The molecule has 1 N–H and O–H groups in total. The molecule has 0 atom stereocenters. The SMILES string of the molecule is Cc1ccoc1C(=O)Cc1ccc2c(c1)B(O)OC2. The Balaban J connectivity index is 1.83. The lowest BCUT2D eigenvalue weighted by Gasteiger charge is -2.03. The molecule has 0 bridgehead atoms. The van der Waals surface area contributed by atoms with Crippen molar-refractivity contribution in [3.05, 3.63) is 53.0 Å². The Morgan fingerprint density at radius 3 is 3.00 bits per heavy atom. The lowest BCUT2D eigenvalue weighted by atomic mass is 9.78. The highest BCUT2D eigenvalue weighted by Gasteiger charge is 2.27.